The molecular weight excluding hydrogens is 244 g/mol. The number of carbonyl (C=O) groups is 1. The molecule has 2 N–H and O–H groups in total. The van der Waals surface area contributed by atoms with E-state index >= 15 is 0 Å². The lowest BCUT2D eigenvalue weighted by Gasteiger charge is -2.14. The molecule has 2 rings (SSSR count). The predicted octanol–water partition coefficient (Wildman–Crippen LogP) is 2.14. The van der Waals surface area contributed by atoms with Gasteiger partial charge in [-0.25, -0.2) is 0 Å². The first kappa shape index (κ1) is 13.3. The van der Waals surface area contributed by atoms with Gasteiger partial charge in [0.15, 0.2) is 0 Å². The summed E-state index contributed by atoms with van der Waals surface area (Å²) in [6.45, 7) is 1.01. The fourth-order valence-corrected chi connectivity index (χ4v) is 3.39. The standard InChI is InChI=1S/C14H20N2OS/c1-15-14(17)8-12-4-2-3-5-13(12)16-9-11-6-7-18-10-11/h2-5,11,16H,6-10H2,1H3,(H,15,17). The zero-order chi connectivity index (χ0) is 12.8. The molecule has 0 saturated carbocycles. The number of likely N-dealkylation sites (N-methyl/N-ethyl adjacent to an activating group) is 1. The van der Waals surface area contributed by atoms with Crippen molar-refractivity contribution in [2.75, 3.05) is 30.4 Å². The number of nitrogens with one attached hydrogen (secondary N) is 2. The van der Waals surface area contributed by atoms with Crippen LogP contribution in [0, 0.1) is 5.92 Å². The van der Waals surface area contributed by atoms with Crippen molar-refractivity contribution < 1.29 is 4.79 Å². The molecule has 1 aliphatic heterocycles. The summed E-state index contributed by atoms with van der Waals surface area (Å²) < 4.78 is 0. The molecule has 1 saturated heterocycles. The van der Waals surface area contributed by atoms with Gasteiger partial charge in [0.25, 0.3) is 0 Å². The van der Waals surface area contributed by atoms with Gasteiger partial charge in [-0.15, -0.1) is 0 Å². The quantitative estimate of drug-likeness (QED) is 0.856. The van der Waals surface area contributed by atoms with Gasteiger partial charge in [0, 0.05) is 19.3 Å². The molecule has 0 aliphatic carbocycles. The summed E-state index contributed by atoms with van der Waals surface area (Å²) in [6, 6.07) is 8.06. The minimum absolute atomic E-state index is 0.0562. The summed E-state index contributed by atoms with van der Waals surface area (Å²) in [5.74, 6) is 3.36. The van der Waals surface area contributed by atoms with E-state index in [1.165, 1.54) is 17.9 Å². The molecule has 1 aliphatic rings. The van der Waals surface area contributed by atoms with E-state index in [2.05, 4.69) is 16.7 Å². The Hall–Kier alpha value is -1.16. The Morgan fingerprint density at radius 1 is 1.44 bits per heavy atom. The van der Waals surface area contributed by atoms with Crippen molar-refractivity contribution in [2.24, 2.45) is 5.92 Å². The summed E-state index contributed by atoms with van der Waals surface area (Å²) in [6.07, 6.45) is 1.74. The van der Waals surface area contributed by atoms with Crippen LogP contribution in [0.2, 0.25) is 0 Å². The smallest absolute Gasteiger partial charge is 0.224 e. The zero-order valence-electron chi connectivity index (χ0n) is 10.7. The van der Waals surface area contributed by atoms with Gasteiger partial charge in [0.2, 0.25) is 5.91 Å². The second-order valence-corrected chi connectivity index (χ2v) is 5.77. The third-order valence-corrected chi connectivity index (χ3v) is 4.48. The lowest BCUT2D eigenvalue weighted by Crippen LogP contribution is -2.21. The van der Waals surface area contributed by atoms with Crippen molar-refractivity contribution in [3.63, 3.8) is 0 Å². The highest BCUT2D eigenvalue weighted by Gasteiger charge is 2.15. The fourth-order valence-electron chi connectivity index (χ4n) is 2.11. The van der Waals surface area contributed by atoms with Crippen molar-refractivity contribution in [1.29, 1.82) is 0 Å². The van der Waals surface area contributed by atoms with Crippen LogP contribution in [0.15, 0.2) is 24.3 Å². The normalized spacial score (nSPS) is 18.6. The molecule has 0 aromatic heterocycles. The van der Waals surface area contributed by atoms with Crippen LogP contribution in [-0.4, -0.2) is 31.0 Å². The van der Waals surface area contributed by atoms with Crippen LogP contribution in [0.25, 0.3) is 0 Å². The van der Waals surface area contributed by atoms with Crippen molar-refractivity contribution >= 4 is 23.4 Å². The molecule has 1 aromatic carbocycles. The maximum Gasteiger partial charge on any atom is 0.224 e. The van der Waals surface area contributed by atoms with Gasteiger partial charge in [-0.05, 0) is 35.5 Å². The second kappa shape index (κ2) is 6.69. The van der Waals surface area contributed by atoms with Crippen LogP contribution in [-0.2, 0) is 11.2 Å². The summed E-state index contributed by atoms with van der Waals surface area (Å²) in [5, 5.41) is 6.16. The number of rotatable bonds is 5. The number of carbonyl (C=O) groups excluding carboxylic acids is 1. The molecule has 0 bridgehead atoms. The molecule has 1 aromatic rings. The van der Waals surface area contributed by atoms with E-state index in [-0.39, 0.29) is 5.91 Å². The van der Waals surface area contributed by atoms with Gasteiger partial charge < -0.3 is 10.6 Å². The molecular formula is C14H20N2OS. The zero-order valence-corrected chi connectivity index (χ0v) is 11.6. The highest BCUT2D eigenvalue weighted by Crippen LogP contribution is 2.24. The third kappa shape index (κ3) is 3.67. The fraction of sp³-hybridized carbons (Fsp3) is 0.500. The lowest BCUT2D eigenvalue weighted by molar-refractivity contribution is -0.119. The van der Waals surface area contributed by atoms with Crippen LogP contribution >= 0.6 is 11.8 Å². The molecule has 1 amide bonds. The molecule has 18 heavy (non-hydrogen) atoms. The number of para-hydroxylation sites is 1. The van der Waals surface area contributed by atoms with Gasteiger partial charge in [-0.3, -0.25) is 4.79 Å². The Kier molecular flexibility index (Phi) is 4.93. The van der Waals surface area contributed by atoms with Gasteiger partial charge in [-0.1, -0.05) is 18.2 Å². The molecule has 1 atom stereocenters. The largest absolute Gasteiger partial charge is 0.385 e. The molecule has 3 nitrogen and oxygen atoms in total. The van der Waals surface area contributed by atoms with Crippen LogP contribution < -0.4 is 10.6 Å². The minimum Gasteiger partial charge on any atom is -0.385 e. The Labute approximate surface area is 113 Å². The number of hydrogen-bond acceptors (Lipinski definition) is 3. The number of amides is 1. The molecule has 4 heteroatoms. The Morgan fingerprint density at radius 3 is 3.00 bits per heavy atom. The first-order chi connectivity index (χ1) is 8.79. The van der Waals surface area contributed by atoms with Crippen LogP contribution in [0.5, 0.6) is 0 Å². The topological polar surface area (TPSA) is 41.1 Å². The van der Waals surface area contributed by atoms with Crippen molar-refractivity contribution in [2.45, 2.75) is 12.8 Å². The van der Waals surface area contributed by atoms with E-state index in [0.29, 0.717) is 6.42 Å². The van der Waals surface area contributed by atoms with Crippen molar-refractivity contribution in [3.05, 3.63) is 29.8 Å². The Balaban J connectivity index is 1.95. The van der Waals surface area contributed by atoms with Crippen LogP contribution in [0.1, 0.15) is 12.0 Å². The predicted molar refractivity (Wildman–Crippen MR) is 78.1 cm³/mol. The van der Waals surface area contributed by atoms with E-state index < -0.39 is 0 Å². The van der Waals surface area contributed by atoms with Crippen LogP contribution in [0.3, 0.4) is 0 Å². The summed E-state index contributed by atoms with van der Waals surface area (Å²) in [5.41, 5.74) is 2.17. The maximum atomic E-state index is 11.5. The van der Waals surface area contributed by atoms with E-state index in [1.807, 2.05) is 30.0 Å². The molecule has 0 spiro atoms. The van der Waals surface area contributed by atoms with Gasteiger partial charge in [0.05, 0.1) is 6.42 Å². The van der Waals surface area contributed by atoms with E-state index in [4.69, 9.17) is 0 Å². The first-order valence-corrected chi connectivity index (χ1v) is 7.55. The van der Waals surface area contributed by atoms with Crippen LogP contribution in [0.4, 0.5) is 5.69 Å². The number of hydrogen-bond donors (Lipinski definition) is 2. The average molecular weight is 264 g/mol. The lowest BCUT2D eigenvalue weighted by atomic mass is 10.1. The molecule has 1 unspecified atom stereocenters. The highest BCUT2D eigenvalue weighted by atomic mass is 32.2. The SMILES string of the molecule is CNC(=O)Cc1ccccc1NCC1CCSC1. The van der Waals surface area contributed by atoms with Crippen molar-refractivity contribution in [3.8, 4) is 0 Å². The summed E-state index contributed by atoms with van der Waals surface area (Å²) in [7, 11) is 1.67. The monoisotopic (exact) mass is 264 g/mol. The maximum absolute atomic E-state index is 11.5. The van der Waals surface area contributed by atoms with Gasteiger partial charge in [0.1, 0.15) is 0 Å². The van der Waals surface area contributed by atoms with E-state index in [0.717, 1.165) is 23.7 Å². The minimum atomic E-state index is 0.0562. The van der Waals surface area contributed by atoms with Crippen molar-refractivity contribution in [1.82, 2.24) is 5.32 Å². The summed E-state index contributed by atoms with van der Waals surface area (Å²) in [4.78, 5) is 11.5. The Morgan fingerprint density at radius 2 is 2.28 bits per heavy atom. The van der Waals surface area contributed by atoms with Gasteiger partial charge in [-0.2, -0.15) is 11.8 Å². The van der Waals surface area contributed by atoms with Gasteiger partial charge >= 0.3 is 0 Å². The second-order valence-electron chi connectivity index (χ2n) is 4.62. The third-order valence-electron chi connectivity index (χ3n) is 3.25. The Bertz CT molecular complexity index is 403. The first-order valence-electron chi connectivity index (χ1n) is 6.39. The highest BCUT2D eigenvalue weighted by molar-refractivity contribution is 7.99. The van der Waals surface area contributed by atoms with E-state index in [9.17, 15) is 4.79 Å². The number of thioether (sulfide) groups is 1. The molecule has 98 valence electrons. The molecule has 0 radical (unpaired) electrons. The molecule has 1 heterocycles. The number of anilines is 1. The molecule has 1 fully saturated rings. The van der Waals surface area contributed by atoms with E-state index in [1.54, 1.807) is 7.05 Å². The summed E-state index contributed by atoms with van der Waals surface area (Å²) >= 11 is 2.03. The number of benzene rings is 1. The average Bonchev–Trinajstić information content (AvgIpc) is 2.91.